The molecule has 0 aliphatic rings. The predicted octanol–water partition coefficient (Wildman–Crippen LogP) is 1.27. The van der Waals surface area contributed by atoms with Crippen LogP contribution in [0.25, 0.3) is 0 Å². The fraction of sp³-hybridized carbons (Fsp3) is 0.533. The first kappa shape index (κ1) is 18.6. The molecule has 6 nitrogen and oxygen atoms in total. The van der Waals surface area contributed by atoms with Gasteiger partial charge < -0.3 is 9.84 Å². The first-order valence-electron chi connectivity index (χ1n) is 7.04. The van der Waals surface area contributed by atoms with Gasteiger partial charge in [-0.1, -0.05) is 44.2 Å². The van der Waals surface area contributed by atoms with E-state index < -0.39 is 28.1 Å². The lowest BCUT2D eigenvalue weighted by atomic mass is 10.1. The Morgan fingerprint density at radius 2 is 1.86 bits per heavy atom. The summed E-state index contributed by atoms with van der Waals surface area (Å²) in [6.07, 6.45) is -0.0981. The van der Waals surface area contributed by atoms with E-state index in [2.05, 4.69) is 4.72 Å². The second-order valence-electron chi connectivity index (χ2n) is 5.51. The van der Waals surface area contributed by atoms with Crippen LogP contribution in [0.4, 0.5) is 0 Å². The fourth-order valence-corrected chi connectivity index (χ4v) is 3.64. The molecule has 0 aromatic heterocycles. The lowest BCUT2D eigenvalue weighted by Crippen LogP contribution is -2.46. The first-order chi connectivity index (χ1) is 10.2. The summed E-state index contributed by atoms with van der Waals surface area (Å²) in [4.78, 5) is 11.1. The molecule has 1 aromatic rings. The van der Waals surface area contributed by atoms with Crippen LogP contribution in [0.5, 0.6) is 0 Å². The van der Waals surface area contributed by atoms with Gasteiger partial charge in [0.2, 0.25) is 10.0 Å². The van der Waals surface area contributed by atoms with Crippen molar-refractivity contribution in [1.82, 2.24) is 4.72 Å². The largest absolute Gasteiger partial charge is 0.480 e. The Labute approximate surface area is 131 Å². The van der Waals surface area contributed by atoms with Crippen molar-refractivity contribution in [2.75, 3.05) is 12.9 Å². The maximum Gasteiger partial charge on any atom is 0.321 e. The monoisotopic (exact) mass is 329 g/mol. The molecule has 1 aromatic carbocycles. The zero-order valence-corrected chi connectivity index (χ0v) is 13.8. The Morgan fingerprint density at radius 3 is 2.32 bits per heavy atom. The van der Waals surface area contributed by atoms with Crippen LogP contribution in [0.3, 0.4) is 0 Å². The van der Waals surface area contributed by atoms with E-state index in [4.69, 9.17) is 9.84 Å². The molecule has 0 aliphatic heterocycles. The van der Waals surface area contributed by atoms with E-state index >= 15 is 0 Å². The molecule has 0 heterocycles. The third-order valence-corrected chi connectivity index (χ3v) is 4.71. The van der Waals surface area contributed by atoms with Gasteiger partial charge in [-0.3, -0.25) is 4.79 Å². The van der Waals surface area contributed by atoms with E-state index in [1.807, 2.05) is 30.3 Å². The summed E-state index contributed by atoms with van der Waals surface area (Å²) in [5.41, 5.74) is 0.961. The average Bonchev–Trinajstić information content (AvgIpc) is 2.44. The number of nitrogens with one attached hydrogen (secondary N) is 1. The Bertz CT molecular complexity index is 571. The van der Waals surface area contributed by atoms with Gasteiger partial charge in [-0.05, 0) is 17.9 Å². The molecule has 0 bridgehead atoms. The molecule has 0 radical (unpaired) electrons. The lowest BCUT2D eigenvalue weighted by molar-refractivity contribution is -0.140. The second-order valence-corrected chi connectivity index (χ2v) is 7.31. The minimum absolute atomic E-state index is 0.283. The average molecular weight is 329 g/mol. The van der Waals surface area contributed by atoms with Crippen LogP contribution in [0.1, 0.15) is 19.4 Å². The molecule has 124 valence electrons. The molecular weight excluding hydrogens is 306 g/mol. The Hall–Kier alpha value is -1.44. The lowest BCUT2D eigenvalue weighted by Gasteiger charge is -2.21. The van der Waals surface area contributed by atoms with Gasteiger partial charge in [-0.15, -0.1) is 0 Å². The molecule has 0 aliphatic carbocycles. The van der Waals surface area contributed by atoms with Crippen LogP contribution >= 0.6 is 0 Å². The predicted molar refractivity (Wildman–Crippen MR) is 84.1 cm³/mol. The van der Waals surface area contributed by atoms with Crippen LogP contribution in [0, 0.1) is 5.92 Å². The zero-order chi connectivity index (χ0) is 16.8. The zero-order valence-electron chi connectivity index (χ0n) is 13.0. The maximum absolute atomic E-state index is 12.2. The molecule has 0 spiro atoms. The number of hydrogen-bond donors (Lipinski definition) is 2. The van der Waals surface area contributed by atoms with Gasteiger partial charge in [0.15, 0.2) is 0 Å². The number of sulfonamides is 1. The van der Waals surface area contributed by atoms with Gasteiger partial charge in [0.1, 0.15) is 6.04 Å². The summed E-state index contributed by atoms with van der Waals surface area (Å²) in [5.74, 6) is -1.81. The third-order valence-electron chi connectivity index (χ3n) is 3.28. The number of carboxylic acid groups (broad SMARTS) is 1. The van der Waals surface area contributed by atoms with E-state index in [0.717, 1.165) is 5.56 Å². The molecular formula is C15H23NO5S. The van der Waals surface area contributed by atoms with Crippen LogP contribution in [-0.2, 0) is 26.0 Å². The Kier molecular flexibility index (Phi) is 6.99. The van der Waals surface area contributed by atoms with Crippen molar-refractivity contribution >= 4 is 16.0 Å². The fourth-order valence-electron chi connectivity index (χ4n) is 2.05. The molecule has 2 atom stereocenters. The SMILES string of the molecule is COC(Cc1ccccc1)CS(=O)(=O)NC(C(=O)O)C(C)C. The van der Waals surface area contributed by atoms with Crippen LogP contribution < -0.4 is 4.72 Å². The summed E-state index contributed by atoms with van der Waals surface area (Å²) in [5, 5.41) is 9.08. The van der Waals surface area contributed by atoms with E-state index in [0.29, 0.717) is 6.42 Å². The van der Waals surface area contributed by atoms with Crippen molar-refractivity contribution in [3.8, 4) is 0 Å². The summed E-state index contributed by atoms with van der Waals surface area (Å²) in [6.45, 7) is 3.30. The van der Waals surface area contributed by atoms with Gasteiger partial charge in [-0.2, -0.15) is 0 Å². The Balaban J connectivity index is 2.74. The van der Waals surface area contributed by atoms with E-state index in [9.17, 15) is 13.2 Å². The number of carbonyl (C=O) groups is 1. The van der Waals surface area contributed by atoms with Crippen molar-refractivity contribution in [3.05, 3.63) is 35.9 Å². The van der Waals surface area contributed by atoms with Crippen LogP contribution in [-0.4, -0.2) is 44.5 Å². The number of carboxylic acids is 1. The number of benzene rings is 1. The van der Waals surface area contributed by atoms with Gasteiger partial charge in [0.05, 0.1) is 11.9 Å². The standard InChI is InChI=1S/C15H23NO5S/c1-11(2)14(15(17)18)16-22(19,20)10-13(21-3)9-12-7-5-4-6-8-12/h4-8,11,13-14,16H,9-10H2,1-3H3,(H,17,18). The topological polar surface area (TPSA) is 92.7 Å². The molecule has 7 heteroatoms. The molecule has 0 saturated carbocycles. The van der Waals surface area contributed by atoms with Crippen molar-refractivity contribution in [3.63, 3.8) is 0 Å². The Morgan fingerprint density at radius 1 is 1.27 bits per heavy atom. The number of aliphatic carboxylic acids is 1. The summed E-state index contributed by atoms with van der Waals surface area (Å²) < 4.78 is 31.8. The van der Waals surface area contributed by atoms with Gasteiger partial charge in [0, 0.05) is 7.11 Å². The molecule has 0 amide bonds. The highest BCUT2D eigenvalue weighted by molar-refractivity contribution is 7.89. The quantitative estimate of drug-likeness (QED) is 0.712. The minimum atomic E-state index is -3.76. The highest BCUT2D eigenvalue weighted by Gasteiger charge is 2.28. The van der Waals surface area contributed by atoms with Gasteiger partial charge >= 0.3 is 5.97 Å². The van der Waals surface area contributed by atoms with E-state index in [1.165, 1.54) is 7.11 Å². The van der Waals surface area contributed by atoms with E-state index in [1.54, 1.807) is 13.8 Å². The van der Waals surface area contributed by atoms with Crippen molar-refractivity contribution in [2.24, 2.45) is 5.92 Å². The molecule has 0 saturated heterocycles. The smallest absolute Gasteiger partial charge is 0.321 e. The normalized spacial score (nSPS) is 14.7. The number of hydrogen-bond acceptors (Lipinski definition) is 4. The van der Waals surface area contributed by atoms with Crippen molar-refractivity contribution < 1.29 is 23.1 Å². The van der Waals surface area contributed by atoms with Gasteiger partial charge in [-0.25, -0.2) is 13.1 Å². The molecule has 0 fully saturated rings. The molecule has 22 heavy (non-hydrogen) atoms. The first-order valence-corrected chi connectivity index (χ1v) is 8.70. The van der Waals surface area contributed by atoms with E-state index in [-0.39, 0.29) is 11.7 Å². The minimum Gasteiger partial charge on any atom is -0.480 e. The van der Waals surface area contributed by atoms with Crippen molar-refractivity contribution in [2.45, 2.75) is 32.4 Å². The molecule has 1 rings (SSSR count). The maximum atomic E-state index is 12.2. The number of rotatable bonds is 9. The second kappa shape index (κ2) is 8.26. The molecule has 2 unspecified atom stereocenters. The molecule has 2 N–H and O–H groups in total. The van der Waals surface area contributed by atoms with Crippen molar-refractivity contribution in [1.29, 1.82) is 0 Å². The summed E-state index contributed by atoms with van der Waals surface area (Å²) >= 11 is 0. The highest BCUT2D eigenvalue weighted by atomic mass is 32.2. The van der Waals surface area contributed by atoms with Gasteiger partial charge in [0.25, 0.3) is 0 Å². The third kappa shape index (κ3) is 6.13. The van der Waals surface area contributed by atoms with Crippen LogP contribution in [0.2, 0.25) is 0 Å². The summed E-state index contributed by atoms with van der Waals surface area (Å²) in [6, 6.07) is 8.26. The highest BCUT2D eigenvalue weighted by Crippen LogP contribution is 2.09. The number of methoxy groups -OCH3 is 1. The summed E-state index contributed by atoms with van der Waals surface area (Å²) in [7, 11) is -2.31. The number of ether oxygens (including phenoxy) is 1. The van der Waals surface area contributed by atoms with Crippen LogP contribution in [0.15, 0.2) is 30.3 Å².